The second kappa shape index (κ2) is 12.9. The number of guanidine groups is 1. The first-order valence-corrected chi connectivity index (χ1v) is 10.7. The Kier molecular flexibility index (Phi) is 10.6. The predicted octanol–water partition coefficient (Wildman–Crippen LogP) is 3.31. The van der Waals surface area contributed by atoms with Gasteiger partial charge in [0.15, 0.2) is 5.96 Å². The molecule has 3 rings (SSSR count). The van der Waals surface area contributed by atoms with E-state index >= 15 is 0 Å². The summed E-state index contributed by atoms with van der Waals surface area (Å²) in [6.07, 6.45) is 5.06. The molecule has 0 spiro atoms. The first kappa shape index (κ1) is 24.6. The van der Waals surface area contributed by atoms with Crippen LogP contribution in [-0.4, -0.2) is 53.6 Å². The third-order valence-electron chi connectivity index (χ3n) is 5.39. The average Bonchev–Trinajstić information content (AvgIpc) is 3.05. The predicted molar refractivity (Wildman–Crippen MR) is 131 cm³/mol. The smallest absolute Gasteiger partial charge is 0.208 e. The van der Waals surface area contributed by atoms with Crippen LogP contribution >= 0.6 is 24.0 Å². The Balaban J connectivity index is 0.00000320. The standard InChI is InChI=1S/C22H34N6O.HI/c1-4-23-22(25-12-8-20-7-5-6-11-24-20)26-15-19-9-13-28(14-10-19)16-21-27-17(2)18(3)29-21;/h5-7,11,19H,4,8-10,12-16H2,1-3H3,(H2,23,25,26);1H. The van der Waals surface area contributed by atoms with Gasteiger partial charge in [-0.3, -0.25) is 14.9 Å². The van der Waals surface area contributed by atoms with E-state index in [0.717, 1.165) is 87.5 Å². The maximum absolute atomic E-state index is 5.72. The summed E-state index contributed by atoms with van der Waals surface area (Å²) in [4.78, 5) is 16.1. The molecule has 7 nitrogen and oxygen atoms in total. The normalized spacial score (nSPS) is 15.6. The lowest BCUT2D eigenvalue weighted by molar-refractivity contribution is 0.166. The van der Waals surface area contributed by atoms with Crippen LogP contribution in [0, 0.1) is 19.8 Å². The van der Waals surface area contributed by atoms with Crippen molar-refractivity contribution in [3.05, 3.63) is 47.4 Å². The highest BCUT2D eigenvalue weighted by atomic mass is 127. The Bertz CT molecular complexity index is 752. The van der Waals surface area contributed by atoms with Crippen molar-refractivity contribution >= 4 is 29.9 Å². The molecule has 0 radical (unpaired) electrons. The lowest BCUT2D eigenvalue weighted by atomic mass is 9.97. The molecule has 0 bridgehead atoms. The number of oxazole rings is 1. The highest BCUT2D eigenvalue weighted by Crippen LogP contribution is 2.20. The van der Waals surface area contributed by atoms with Gasteiger partial charge in [-0.25, -0.2) is 4.98 Å². The summed E-state index contributed by atoms with van der Waals surface area (Å²) in [5, 5.41) is 6.77. The van der Waals surface area contributed by atoms with Crippen molar-refractivity contribution in [3.63, 3.8) is 0 Å². The fourth-order valence-corrected chi connectivity index (χ4v) is 3.54. The highest BCUT2D eigenvalue weighted by Gasteiger charge is 2.20. The van der Waals surface area contributed by atoms with Crippen LogP contribution in [0.25, 0.3) is 0 Å². The molecule has 2 aromatic heterocycles. The van der Waals surface area contributed by atoms with Crippen LogP contribution in [-0.2, 0) is 13.0 Å². The highest BCUT2D eigenvalue weighted by molar-refractivity contribution is 14.0. The van der Waals surface area contributed by atoms with Gasteiger partial charge in [-0.15, -0.1) is 24.0 Å². The lowest BCUT2D eigenvalue weighted by Crippen LogP contribution is -2.39. The summed E-state index contributed by atoms with van der Waals surface area (Å²) in [5.74, 6) is 3.29. The second-order valence-electron chi connectivity index (χ2n) is 7.69. The van der Waals surface area contributed by atoms with Gasteiger partial charge in [0, 0.05) is 37.9 Å². The van der Waals surface area contributed by atoms with Gasteiger partial charge in [0.2, 0.25) is 5.89 Å². The Labute approximate surface area is 197 Å². The summed E-state index contributed by atoms with van der Waals surface area (Å²) in [6.45, 7) is 11.6. The van der Waals surface area contributed by atoms with Crippen molar-refractivity contribution in [3.8, 4) is 0 Å². The molecule has 0 aliphatic carbocycles. The van der Waals surface area contributed by atoms with E-state index in [1.807, 2.05) is 32.2 Å². The number of hydrogen-bond donors (Lipinski definition) is 2. The molecule has 30 heavy (non-hydrogen) atoms. The maximum Gasteiger partial charge on any atom is 0.208 e. The fraction of sp³-hybridized carbons (Fsp3) is 0.591. The molecule has 0 saturated carbocycles. The van der Waals surface area contributed by atoms with Gasteiger partial charge in [-0.05, 0) is 64.8 Å². The summed E-state index contributed by atoms with van der Waals surface area (Å²) < 4.78 is 5.72. The molecule has 1 aliphatic rings. The molecule has 0 aromatic carbocycles. The minimum absolute atomic E-state index is 0. The van der Waals surface area contributed by atoms with Gasteiger partial charge in [0.05, 0.1) is 12.2 Å². The van der Waals surface area contributed by atoms with Crippen LogP contribution in [0.3, 0.4) is 0 Å². The van der Waals surface area contributed by atoms with Crippen LogP contribution in [0.15, 0.2) is 33.8 Å². The van der Waals surface area contributed by atoms with Crippen LogP contribution in [0.5, 0.6) is 0 Å². The number of likely N-dealkylation sites (tertiary alicyclic amines) is 1. The van der Waals surface area contributed by atoms with Crippen molar-refractivity contribution in [1.82, 2.24) is 25.5 Å². The van der Waals surface area contributed by atoms with Gasteiger partial charge in [0.1, 0.15) is 5.76 Å². The molecule has 1 saturated heterocycles. The van der Waals surface area contributed by atoms with Crippen LogP contribution in [0.4, 0.5) is 0 Å². The maximum atomic E-state index is 5.72. The number of rotatable bonds is 8. The number of piperidine rings is 1. The van der Waals surface area contributed by atoms with Crippen LogP contribution < -0.4 is 10.6 Å². The number of halogens is 1. The third kappa shape index (κ3) is 7.86. The molecular weight excluding hydrogens is 491 g/mol. The lowest BCUT2D eigenvalue weighted by Gasteiger charge is -2.30. The van der Waals surface area contributed by atoms with E-state index in [2.05, 4.69) is 38.5 Å². The van der Waals surface area contributed by atoms with Gasteiger partial charge in [-0.2, -0.15) is 0 Å². The number of hydrogen-bond acceptors (Lipinski definition) is 5. The number of aliphatic imine (C=N–C) groups is 1. The van der Waals surface area contributed by atoms with E-state index in [-0.39, 0.29) is 24.0 Å². The molecule has 166 valence electrons. The topological polar surface area (TPSA) is 78.6 Å². The fourth-order valence-electron chi connectivity index (χ4n) is 3.54. The Morgan fingerprint density at radius 3 is 2.67 bits per heavy atom. The SMILES string of the molecule is CCNC(=NCC1CCN(Cc2nc(C)c(C)o2)CC1)NCCc1ccccn1.I. The van der Waals surface area contributed by atoms with Gasteiger partial charge in [0.25, 0.3) is 0 Å². The molecular formula is C22H35IN6O. The quantitative estimate of drug-likeness (QED) is 0.312. The number of nitrogens with zero attached hydrogens (tertiary/aromatic N) is 4. The van der Waals surface area contributed by atoms with Crippen LogP contribution in [0.2, 0.25) is 0 Å². The van der Waals surface area contributed by atoms with E-state index in [0.29, 0.717) is 5.92 Å². The molecule has 8 heteroatoms. The Morgan fingerprint density at radius 1 is 1.23 bits per heavy atom. The van der Waals surface area contributed by atoms with Gasteiger partial charge < -0.3 is 15.1 Å². The molecule has 3 heterocycles. The number of aromatic nitrogens is 2. The number of pyridine rings is 1. The van der Waals surface area contributed by atoms with Gasteiger partial charge in [-0.1, -0.05) is 6.07 Å². The van der Waals surface area contributed by atoms with Crippen molar-refractivity contribution < 1.29 is 4.42 Å². The Hall–Kier alpha value is -1.68. The number of aryl methyl sites for hydroxylation is 2. The first-order chi connectivity index (χ1) is 14.1. The summed E-state index contributed by atoms with van der Waals surface area (Å²) in [6, 6.07) is 6.03. The van der Waals surface area contributed by atoms with E-state index in [4.69, 9.17) is 9.41 Å². The zero-order valence-electron chi connectivity index (χ0n) is 18.4. The van der Waals surface area contributed by atoms with Crippen LogP contribution in [0.1, 0.15) is 42.8 Å². The van der Waals surface area contributed by atoms with Crippen molar-refractivity contribution in [2.24, 2.45) is 10.9 Å². The summed E-state index contributed by atoms with van der Waals surface area (Å²) in [7, 11) is 0. The zero-order chi connectivity index (χ0) is 20.5. The largest absolute Gasteiger partial charge is 0.444 e. The van der Waals surface area contributed by atoms with Crippen molar-refractivity contribution in [1.29, 1.82) is 0 Å². The molecule has 0 amide bonds. The minimum atomic E-state index is 0. The molecule has 0 unspecified atom stereocenters. The summed E-state index contributed by atoms with van der Waals surface area (Å²) >= 11 is 0. The molecule has 0 atom stereocenters. The second-order valence-corrected chi connectivity index (χ2v) is 7.69. The van der Waals surface area contributed by atoms with E-state index in [1.54, 1.807) is 0 Å². The Morgan fingerprint density at radius 2 is 2.03 bits per heavy atom. The molecule has 2 N–H and O–H groups in total. The average molecular weight is 526 g/mol. The molecule has 1 aliphatic heterocycles. The van der Waals surface area contributed by atoms with Gasteiger partial charge >= 0.3 is 0 Å². The van der Waals surface area contributed by atoms with Crippen molar-refractivity contribution in [2.45, 2.75) is 46.6 Å². The van der Waals surface area contributed by atoms with E-state index < -0.39 is 0 Å². The number of nitrogens with one attached hydrogen (secondary N) is 2. The van der Waals surface area contributed by atoms with E-state index in [9.17, 15) is 0 Å². The van der Waals surface area contributed by atoms with E-state index in [1.165, 1.54) is 0 Å². The van der Waals surface area contributed by atoms with Crippen molar-refractivity contribution in [2.75, 3.05) is 32.7 Å². The third-order valence-corrected chi connectivity index (χ3v) is 5.39. The zero-order valence-corrected chi connectivity index (χ0v) is 20.7. The molecule has 2 aromatic rings. The first-order valence-electron chi connectivity index (χ1n) is 10.7. The summed E-state index contributed by atoms with van der Waals surface area (Å²) in [5.41, 5.74) is 2.09. The minimum Gasteiger partial charge on any atom is -0.444 e. The monoisotopic (exact) mass is 526 g/mol. The molecule has 1 fully saturated rings.